The van der Waals surface area contributed by atoms with Gasteiger partial charge in [0.05, 0.1) is 12.6 Å². The molecule has 216 valence electrons. The SMILES string of the molecule is CC(C)c1ccc(N2C[C@H](C[S@@](=O)C(C)C)[C@H]2C)c2cnc(Nc3ccnc(N4CCC(O)C(C)(F)C4)n3)cc12. The summed E-state index contributed by atoms with van der Waals surface area (Å²) in [5, 5.41) is 15.7. The van der Waals surface area contributed by atoms with E-state index in [-0.39, 0.29) is 11.8 Å². The van der Waals surface area contributed by atoms with Crippen molar-refractivity contribution in [1.82, 2.24) is 15.0 Å². The van der Waals surface area contributed by atoms with E-state index in [0.29, 0.717) is 48.4 Å². The predicted octanol–water partition coefficient (Wildman–Crippen LogP) is 5.17. The zero-order chi connectivity index (χ0) is 28.8. The summed E-state index contributed by atoms with van der Waals surface area (Å²) in [6.45, 7) is 13.5. The van der Waals surface area contributed by atoms with Crippen LogP contribution in [-0.4, -0.2) is 72.7 Å². The molecular weight excluding hydrogens is 527 g/mol. The highest BCUT2D eigenvalue weighted by Gasteiger charge is 2.40. The molecule has 0 bridgehead atoms. The standard InChI is InChI=1S/C30H41FN6O2S/c1-18(2)22-7-8-25(37-15-21(20(37)5)16-40(39)19(3)4)24-14-33-28(13-23(22)24)34-27-9-11-32-29(35-27)36-12-10-26(38)30(6,31)17-36/h7-9,11,13-14,18-21,26,38H,10,12,15-17H2,1-6H3,(H,32,33,34,35)/t20-,21-,26?,30?,40-/m1/s1. The van der Waals surface area contributed by atoms with Crippen molar-refractivity contribution in [3.8, 4) is 0 Å². The number of alkyl halides is 1. The number of fused-ring (bicyclic) bond motifs is 1. The first-order valence-electron chi connectivity index (χ1n) is 14.2. The van der Waals surface area contributed by atoms with E-state index in [1.54, 1.807) is 17.2 Å². The Hall–Kier alpha value is -2.85. The fourth-order valence-electron chi connectivity index (χ4n) is 5.68. The number of rotatable bonds is 8. The maximum Gasteiger partial charge on any atom is 0.227 e. The van der Waals surface area contributed by atoms with Gasteiger partial charge in [0, 0.05) is 70.3 Å². The molecule has 40 heavy (non-hydrogen) atoms. The Morgan fingerprint density at radius 3 is 2.62 bits per heavy atom. The van der Waals surface area contributed by atoms with Gasteiger partial charge in [-0.3, -0.25) is 4.21 Å². The molecule has 0 aliphatic carbocycles. The quantitative estimate of drug-likeness (QED) is 0.384. The third-order valence-electron chi connectivity index (χ3n) is 8.40. The summed E-state index contributed by atoms with van der Waals surface area (Å²) in [5.41, 5.74) is 0.686. The molecule has 2 aliphatic heterocycles. The molecule has 1 aromatic carbocycles. The second-order valence-electron chi connectivity index (χ2n) is 12.1. The van der Waals surface area contributed by atoms with Crippen LogP contribution in [-0.2, 0) is 10.8 Å². The molecule has 5 atom stereocenters. The molecule has 2 unspecified atom stereocenters. The third kappa shape index (κ3) is 5.65. The zero-order valence-corrected chi connectivity index (χ0v) is 25.1. The largest absolute Gasteiger partial charge is 0.390 e. The smallest absolute Gasteiger partial charge is 0.227 e. The normalized spacial score (nSPS) is 25.9. The van der Waals surface area contributed by atoms with E-state index in [0.717, 1.165) is 28.8 Å². The van der Waals surface area contributed by atoms with Crippen LogP contribution < -0.4 is 15.1 Å². The van der Waals surface area contributed by atoms with Gasteiger partial charge in [0.15, 0.2) is 5.67 Å². The van der Waals surface area contributed by atoms with Crippen molar-refractivity contribution in [1.29, 1.82) is 0 Å². The topological polar surface area (TPSA) is 94.5 Å². The van der Waals surface area contributed by atoms with E-state index in [9.17, 15) is 13.7 Å². The van der Waals surface area contributed by atoms with Crippen molar-refractivity contribution in [2.75, 3.05) is 40.5 Å². The third-order valence-corrected chi connectivity index (χ3v) is 10.2. The van der Waals surface area contributed by atoms with E-state index in [2.05, 4.69) is 59.2 Å². The first-order chi connectivity index (χ1) is 18.9. The molecule has 0 amide bonds. The molecule has 3 aromatic rings. The van der Waals surface area contributed by atoms with Gasteiger partial charge in [0.25, 0.3) is 0 Å². The van der Waals surface area contributed by atoms with Crippen LogP contribution in [0.4, 0.5) is 27.7 Å². The molecule has 8 nitrogen and oxygen atoms in total. The van der Waals surface area contributed by atoms with E-state index in [1.807, 2.05) is 20.0 Å². The van der Waals surface area contributed by atoms with Gasteiger partial charge in [-0.1, -0.05) is 33.8 Å². The number of pyridine rings is 1. The molecule has 2 aromatic heterocycles. The number of aliphatic hydroxyl groups excluding tert-OH is 1. The molecule has 0 saturated carbocycles. The van der Waals surface area contributed by atoms with Gasteiger partial charge < -0.3 is 20.2 Å². The summed E-state index contributed by atoms with van der Waals surface area (Å²) in [6.07, 6.45) is 2.92. The maximum atomic E-state index is 14.8. The molecule has 5 rings (SSSR count). The molecule has 2 aliphatic rings. The Morgan fingerprint density at radius 2 is 1.95 bits per heavy atom. The summed E-state index contributed by atoms with van der Waals surface area (Å²) in [6, 6.07) is 8.56. The lowest BCUT2D eigenvalue weighted by molar-refractivity contribution is -0.00860. The summed E-state index contributed by atoms with van der Waals surface area (Å²) >= 11 is 0. The lowest BCUT2D eigenvalue weighted by Crippen LogP contribution is -2.57. The fourth-order valence-corrected chi connectivity index (χ4v) is 6.87. The van der Waals surface area contributed by atoms with Crippen LogP contribution in [0, 0.1) is 5.92 Å². The highest BCUT2D eigenvalue weighted by Crippen LogP contribution is 2.39. The van der Waals surface area contributed by atoms with Gasteiger partial charge in [-0.05, 0) is 55.3 Å². The van der Waals surface area contributed by atoms with Crippen LogP contribution in [0.2, 0.25) is 0 Å². The summed E-state index contributed by atoms with van der Waals surface area (Å²) in [7, 11) is -0.802. The van der Waals surface area contributed by atoms with E-state index >= 15 is 0 Å². The highest BCUT2D eigenvalue weighted by molar-refractivity contribution is 7.85. The van der Waals surface area contributed by atoms with Crippen LogP contribution in [0.15, 0.2) is 36.7 Å². The number of aliphatic hydroxyl groups is 1. The number of aromatic nitrogens is 3. The summed E-state index contributed by atoms with van der Waals surface area (Å²) in [5.74, 6) is 3.16. The lowest BCUT2D eigenvalue weighted by Gasteiger charge is -2.48. The van der Waals surface area contributed by atoms with E-state index in [1.165, 1.54) is 12.5 Å². The summed E-state index contributed by atoms with van der Waals surface area (Å²) < 4.78 is 27.2. The first-order valence-corrected chi connectivity index (χ1v) is 15.6. The monoisotopic (exact) mass is 568 g/mol. The van der Waals surface area contributed by atoms with Crippen LogP contribution in [0.25, 0.3) is 10.8 Å². The van der Waals surface area contributed by atoms with E-state index in [4.69, 9.17) is 4.98 Å². The Kier molecular flexibility index (Phi) is 8.03. The minimum Gasteiger partial charge on any atom is -0.390 e. The minimum absolute atomic E-state index is 0.0372. The average Bonchev–Trinajstić information content (AvgIpc) is 2.91. The number of anilines is 4. The van der Waals surface area contributed by atoms with Crippen LogP contribution >= 0.6 is 0 Å². The lowest BCUT2D eigenvalue weighted by atomic mass is 9.88. The van der Waals surface area contributed by atoms with E-state index < -0.39 is 22.6 Å². The maximum absolute atomic E-state index is 14.8. The van der Waals surface area contributed by atoms with Crippen molar-refractivity contribution in [3.63, 3.8) is 0 Å². The van der Waals surface area contributed by atoms with Crippen molar-refractivity contribution < 1.29 is 13.7 Å². The average molecular weight is 569 g/mol. The predicted molar refractivity (Wildman–Crippen MR) is 162 cm³/mol. The number of benzene rings is 1. The molecule has 4 heterocycles. The molecule has 0 spiro atoms. The second kappa shape index (κ2) is 11.2. The second-order valence-corrected chi connectivity index (χ2v) is 14.1. The molecular formula is C30H41FN6O2S. The van der Waals surface area contributed by atoms with Crippen molar-refractivity contribution >= 4 is 44.8 Å². The Balaban J connectivity index is 1.39. The molecule has 10 heteroatoms. The van der Waals surface area contributed by atoms with Gasteiger partial charge in [0.2, 0.25) is 5.95 Å². The first kappa shape index (κ1) is 28.7. The number of nitrogens with zero attached hydrogens (tertiary/aromatic N) is 5. The van der Waals surface area contributed by atoms with Gasteiger partial charge in [-0.2, -0.15) is 4.98 Å². The summed E-state index contributed by atoms with van der Waals surface area (Å²) in [4.78, 5) is 17.9. The van der Waals surface area contributed by atoms with Crippen molar-refractivity contribution in [2.24, 2.45) is 5.92 Å². The number of piperidine rings is 1. The van der Waals surface area contributed by atoms with Gasteiger partial charge >= 0.3 is 0 Å². The number of nitrogens with one attached hydrogen (secondary N) is 1. The van der Waals surface area contributed by atoms with Crippen LogP contribution in [0.5, 0.6) is 0 Å². The molecule has 2 N–H and O–H groups in total. The fraction of sp³-hybridized carbons (Fsp3) is 0.567. The minimum atomic E-state index is -1.71. The Labute approximate surface area is 238 Å². The molecule has 2 fully saturated rings. The highest BCUT2D eigenvalue weighted by atomic mass is 32.2. The number of halogens is 1. The van der Waals surface area contributed by atoms with Crippen LogP contribution in [0.1, 0.15) is 59.4 Å². The van der Waals surface area contributed by atoms with Gasteiger partial charge in [0.1, 0.15) is 11.6 Å². The van der Waals surface area contributed by atoms with Crippen molar-refractivity contribution in [3.05, 3.63) is 42.2 Å². The number of hydrogen-bond donors (Lipinski definition) is 2. The Bertz CT molecular complexity index is 1400. The van der Waals surface area contributed by atoms with Gasteiger partial charge in [-0.15, -0.1) is 0 Å². The van der Waals surface area contributed by atoms with Crippen LogP contribution in [0.3, 0.4) is 0 Å². The zero-order valence-electron chi connectivity index (χ0n) is 24.3. The van der Waals surface area contributed by atoms with Crippen molar-refractivity contribution in [2.45, 2.75) is 76.9 Å². The molecule has 2 saturated heterocycles. The molecule has 0 radical (unpaired) electrons. The number of hydrogen-bond acceptors (Lipinski definition) is 8. The van der Waals surface area contributed by atoms with Gasteiger partial charge in [-0.25, -0.2) is 14.4 Å². The Morgan fingerprint density at radius 1 is 1.18 bits per heavy atom.